The Hall–Kier alpha value is -0.680. The number of ether oxygens (including phenoxy) is 1. The molecule has 0 spiro atoms. The van der Waals surface area contributed by atoms with Crippen molar-refractivity contribution < 1.29 is 4.74 Å². The highest BCUT2D eigenvalue weighted by atomic mass is 32.1. The van der Waals surface area contributed by atoms with Crippen molar-refractivity contribution in [3.05, 3.63) is 5.82 Å². The van der Waals surface area contributed by atoms with Gasteiger partial charge in [0.25, 0.3) is 0 Å². The highest BCUT2D eigenvalue weighted by Crippen LogP contribution is 2.39. The van der Waals surface area contributed by atoms with Crippen LogP contribution >= 0.6 is 11.5 Å². The summed E-state index contributed by atoms with van der Waals surface area (Å²) in [6.07, 6.45) is 7.73. The van der Waals surface area contributed by atoms with Crippen LogP contribution < -0.4 is 4.90 Å². The first-order valence-corrected chi connectivity index (χ1v) is 7.74. The third kappa shape index (κ3) is 2.38. The second kappa shape index (κ2) is 5.53. The van der Waals surface area contributed by atoms with Gasteiger partial charge in [-0.3, -0.25) is 0 Å². The predicted octanol–water partition coefficient (Wildman–Crippen LogP) is 2.50. The van der Waals surface area contributed by atoms with Gasteiger partial charge >= 0.3 is 0 Å². The van der Waals surface area contributed by atoms with E-state index in [4.69, 9.17) is 4.74 Å². The second-order valence-electron chi connectivity index (χ2n) is 5.33. The number of aromatic nitrogens is 2. The zero-order valence-electron chi connectivity index (χ0n) is 11.0. The summed E-state index contributed by atoms with van der Waals surface area (Å²) in [5.41, 5.74) is 0. The minimum Gasteiger partial charge on any atom is -0.384 e. The molecule has 1 unspecified atom stereocenters. The fourth-order valence-corrected chi connectivity index (χ4v) is 3.80. The summed E-state index contributed by atoms with van der Waals surface area (Å²) in [5, 5.41) is 1.13. The van der Waals surface area contributed by atoms with Crippen LogP contribution in [0.4, 0.5) is 5.13 Å². The highest BCUT2D eigenvalue weighted by molar-refractivity contribution is 7.09. The van der Waals surface area contributed by atoms with Gasteiger partial charge in [-0.2, -0.15) is 4.37 Å². The Balaban J connectivity index is 1.66. The first kappa shape index (κ1) is 12.4. The maximum Gasteiger partial charge on any atom is 0.205 e. The van der Waals surface area contributed by atoms with Crippen LogP contribution in [0.1, 0.15) is 37.9 Å². The summed E-state index contributed by atoms with van der Waals surface area (Å²) in [4.78, 5) is 7.19. The van der Waals surface area contributed by atoms with E-state index in [0.29, 0.717) is 6.61 Å². The summed E-state index contributed by atoms with van der Waals surface area (Å²) in [5.74, 6) is 1.86. The average molecular weight is 267 g/mol. The molecular weight excluding hydrogens is 246 g/mol. The van der Waals surface area contributed by atoms with Crippen LogP contribution in [0.5, 0.6) is 0 Å². The molecule has 0 aromatic carbocycles. The van der Waals surface area contributed by atoms with Crippen molar-refractivity contribution in [2.45, 2.75) is 44.6 Å². The number of nitrogens with zero attached hydrogens (tertiary/aromatic N) is 3. The summed E-state index contributed by atoms with van der Waals surface area (Å²) < 4.78 is 9.52. The third-order valence-electron chi connectivity index (χ3n) is 4.23. The molecule has 2 aliphatic rings. The van der Waals surface area contributed by atoms with Gasteiger partial charge in [-0.1, -0.05) is 6.42 Å². The van der Waals surface area contributed by atoms with Gasteiger partial charge in [-0.25, -0.2) is 4.98 Å². The first-order valence-electron chi connectivity index (χ1n) is 6.96. The van der Waals surface area contributed by atoms with Gasteiger partial charge < -0.3 is 9.64 Å². The van der Waals surface area contributed by atoms with Crippen LogP contribution in [0, 0.1) is 5.92 Å². The van der Waals surface area contributed by atoms with Crippen LogP contribution in [0.2, 0.25) is 0 Å². The van der Waals surface area contributed by atoms with Crippen LogP contribution in [-0.4, -0.2) is 35.7 Å². The molecule has 4 nitrogen and oxygen atoms in total. The molecule has 100 valence electrons. The number of hydrogen-bond donors (Lipinski definition) is 0. The van der Waals surface area contributed by atoms with Crippen molar-refractivity contribution >= 4 is 16.7 Å². The van der Waals surface area contributed by atoms with Crippen molar-refractivity contribution in [3.8, 4) is 0 Å². The monoisotopic (exact) mass is 267 g/mol. The molecule has 1 aromatic heterocycles. The van der Waals surface area contributed by atoms with Crippen LogP contribution in [0.3, 0.4) is 0 Å². The molecule has 1 aliphatic carbocycles. The Labute approximate surface area is 113 Å². The Morgan fingerprint density at radius 2 is 2.22 bits per heavy atom. The van der Waals surface area contributed by atoms with Gasteiger partial charge in [-0.05, 0) is 31.6 Å². The first-order chi connectivity index (χ1) is 8.88. The van der Waals surface area contributed by atoms with Crippen molar-refractivity contribution in [1.82, 2.24) is 9.36 Å². The van der Waals surface area contributed by atoms with E-state index in [9.17, 15) is 0 Å². The molecule has 0 radical (unpaired) electrons. The van der Waals surface area contributed by atoms with Gasteiger partial charge in [0.2, 0.25) is 5.13 Å². The van der Waals surface area contributed by atoms with Gasteiger partial charge in [0.1, 0.15) is 5.82 Å². The fourth-order valence-electron chi connectivity index (χ4n) is 3.00. The second-order valence-corrected chi connectivity index (χ2v) is 6.06. The largest absolute Gasteiger partial charge is 0.384 e. The normalized spacial score (nSPS) is 24.5. The van der Waals surface area contributed by atoms with Gasteiger partial charge in [0, 0.05) is 37.6 Å². The molecule has 1 atom stereocenters. The minimum absolute atomic E-state index is 0.711. The Kier molecular flexibility index (Phi) is 3.80. The minimum atomic E-state index is 0.711. The van der Waals surface area contributed by atoms with Crippen molar-refractivity contribution in [3.63, 3.8) is 0 Å². The lowest BCUT2D eigenvalue weighted by molar-refractivity contribution is 0.201. The van der Waals surface area contributed by atoms with Gasteiger partial charge in [-0.15, -0.1) is 0 Å². The molecule has 2 heterocycles. The fraction of sp³-hybridized carbons (Fsp3) is 0.846. The molecule has 1 saturated heterocycles. The predicted molar refractivity (Wildman–Crippen MR) is 73.2 cm³/mol. The summed E-state index contributed by atoms with van der Waals surface area (Å²) >= 11 is 1.56. The van der Waals surface area contributed by atoms with Crippen LogP contribution in [0.15, 0.2) is 0 Å². The van der Waals surface area contributed by atoms with E-state index < -0.39 is 0 Å². The molecule has 18 heavy (non-hydrogen) atoms. The van der Waals surface area contributed by atoms with E-state index in [1.165, 1.54) is 38.6 Å². The summed E-state index contributed by atoms with van der Waals surface area (Å²) in [6.45, 7) is 1.88. The molecular formula is C13H21N3OS. The highest BCUT2D eigenvalue weighted by Gasteiger charge is 2.36. The lowest BCUT2D eigenvalue weighted by atomic mass is 9.79. The SMILES string of the molecule is COCCc1nsc(N2CCCC2C2CCC2)n1. The Morgan fingerprint density at radius 3 is 2.94 bits per heavy atom. The van der Waals surface area contributed by atoms with Gasteiger partial charge in [0.05, 0.1) is 6.61 Å². The number of hydrogen-bond acceptors (Lipinski definition) is 5. The van der Waals surface area contributed by atoms with Crippen molar-refractivity contribution in [2.24, 2.45) is 5.92 Å². The zero-order chi connectivity index (χ0) is 12.4. The maximum absolute atomic E-state index is 5.08. The van der Waals surface area contributed by atoms with E-state index in [2.05, 4.69) is 14.3 Å². The van der Waals surface area contributed by atoms with E-state index in [1.54, 1.807) is 18.6 Å². The maximum atomic E-state index is 5.08. The number of methoxy groups -OCH3 is 1. The van der Waals surface area contributed by atoms with E-state index >= 15 is 0 Å². The topological polar surface area (TPSA) is 38.2 Å². The quantitative estimate of drug-likeness (QED) is 0.821. The molecule has 3 rings (SSSR count). The zero-order valence-corrected chi connectivity index (χ0v) is 11.8. The van der Waals surface area contributed by atoms with Gasteiger partial charge in [0.15, 0.2) is 0 Å². The Morgan fingerprint density at radius 1 is 1.33 bits per heavy atom. The molecule has 1 aromatic rings. The van der Waals surface area contributed by atoms with E-state index in [1.807, 2.05) is 0 Å². The lowest BCUT2D eigenvalue weighted by Gasteiger charge is -2.36. The number of anilines is 1. The molecule has 1 aliphatic heterocycles. The molecule has 5 heteroatoms. The summed E-state index contributed by atoms with van der Waals surface area (Å²) in [7, 11) is 1.72. The average Bonchev–Trinajstić information content (AvgIpc) is 2.92. The molecule has 0 amide bonds. The third-order valence-corrected chi connectivity index (χ3v) is 5.02. The Bertz CT molecular complexity index is 391. The standard InChI is InChI=1S/C13H21N3OS/c1-17-9-7-12-14-13(18-15-12)16-8-3-6-11(16)10-4-2-5-10/h10-11H,2-9H2,1H3. The van der Waals surface area contributed by atoms with E-state index in [-0.39, 0.29) is 0 Å². The molecule has 0 N–H and O–H groups in total. The smallest absolute Gasteiger partial charge is 0.205 e. The van der Waals surface area contributed by atoms with Crippen molar-refractivity contribution in [2.75, 3.05) is 25.2 Å². The van der Waals surface area contributed by atoms with E-state index in [0.717, 1.165) is 29.3 Å². The van der Waals surface area contributed by atoms with Crippen LogP contribution in [0.25, 0.3) is 0 Å². The summed E-state index contributed by atoms with van der Waals surface area (Å²) in [6, 6.07) is 0.738. The lowest BCUT2D eigenvalue weighted by Crippen LogP contribution is -2.38. The van der Waals surface area contributed by atoms with Crippen molar-refractivity contribution in [1.29, 1.82) is 0 Å². The molecule has 2 fully saturated rings. The van der Waals surface area contributed by atoms with Crippen LogP contribution in [-0.2, 0) is 11.2 Å². The molecule has 0 bridgehead atoms. The molecule has 1 saturated carbocycles. The number of rotatable bonds is 5.